The van der Waals surface area contributed by atoms with E-state index in [2.05, 4.69) is 34.0 Å². The zero-order chi connectivity index (χ0) is 15.8. The lowest BCUT2D eigenvalue weighted by molar-refractivity contribution is 0.0952. The van der Waals surface area contributed by atoms with Gasteiger partial charge in [-0.3, -0.25) is 4.79 Å². The Kier molecular flexibility index (Phi) is 6.62. The molecule has 1 saturated heterocycles. The largest absolute Gasteiger partial charge is 0.352 e. The average Bonchev–Trinajstić information content (AvgIpc) is 2.58. The summed E-state index contributed by atoms with van der Waals surface area (Å²) in [6.07, 6.45) is 11.4. The van der Waals surface area contributed by atoms with Crippen LogP contribution in [0.1, 0.15) is 69.2 Å². The van der Waals surface area contributed by atoms with Crippen molar-refractivity contribution in [3.8, 4) is 0 Å². The molecule has 1 amide bonds. The molecule has 0 radical (unpaired) electrons. The average molecular weight is 304 g/mol. The van der Waals surface area contributed by atoms with E-state index in [1.54, 1.807) is 12.4 Å². The second-order valence-corrected chi connectivity index (χ2v) is 5.99. The van der Waals surface area contributed by atoms with E-state index in [0.29, 0.717) is 11.6 Å². The summed E-state index contributed by atoms with van der Waals surface area (Å²) in [6.45, 7) is 6.10. The predicted octanol–water partition coefficient (Wildman–Crippen LogP) is 3.17. The van der Waals surface area contributed by atoms with Crippen LogP contribution < -0.4 is 10.2 Å². The standard InChI is InChI=1S/C17H28N4O/c1-3-5-7-10-18-16(22)14-12-19-17(20-13-14)21-11-8-6-9-15(21)4-2/h12-13,15H,3-11H2,1-2H3,(H,18,22). The number of amides is 1. The van der Waals surface area contributed by atoms with Gasteiger partial charge in [0.25, 0.3) is 5.91 Å². The third-order valence-electron chi connectivity index (χ3n) is 4.32. The van der Waals surface area contributed by atoms with Crippen LogP contribution in [0.3, 0.4) is 0 Å². The molecular formula is C17H28N4O. The molecule has 22 heavy (non-hydrogen) atoms. The van der Waals surface area contributed by atoms with Gasteiger partial charge >= 0.3 is 0 Å². The maximum atomic E-state index is 12.0. The molecule has 1 atom stereocenters. The molecule has 2 rings (SSSR count). The summed E-state index contributed by atoms with van der Waals surface area (Å²) in [5.41, 5.74) is 0.547. The molecule has 5 heteroatoms. The van der Waals surface area contributed by atoms with Crippen molar-refractivity contribution in [2.45, 2.75) is 64.8 Å². The molecule has 1 aromatic rings. The number of rotatable bonds is 7. The highest BCUT2D eigenvalue weighted by molar-refractivity contribution is 5.93. The van der Waals surface area contributed by atoms with E-state index in [9.17, 15) is 4.79 Å². The molecule has 1 unspecified atom stereocenters. The number of piperidine rings is 1. The van der Waals surface area contributed by atoms with E-state index in [0.717, 1.165) is 44.7 Å². The summed E-state index contributed by atoms with van der Waals surface area (Å²) < 4.78 is 0. The lowest BCUT2D eigenvalue weighted by Gasteiger charge is -2.35. The molecule has 1 aromatic heterocycles. The first kappa shape index (κ1) is 16.7. The van der Waals surface area contributed by atoms with Crippen molar-refractivity contribution in [2.24, 2.45) is 0 Å². The summed E-state index contributed by atoms with van der Waals surface area (Å²) in [7, 11) is 0. The van der Waals surface area contributed by atoms with Gasteiger partial charge in [0.05, 0.1) is 5.56 Å². The Morgan fingerprint density at radius 3 is 2.73 bits per heavy atom. The maximum Gasteiger partial charge on any atom is 0.254 e. The molecule has 1 aliphatic rings. The number of hydrogen-bond donors (Lipinski definition) is 1. The molecule has 0 bridgehead atoms. The molecule has 1 N–H and O–H groups in total. The van der Waals surface area contributed by atoms with Crippen LogP contribution in [-0.2, 0) is 0 Å². The normalized spacial score (nSPS) is 18.3. The molecule has 1 aliphatic heterocycles. The third kappa shape index (κ3) is 4.42. The van der Waals surface area contributed by atoms with Gasteiger partial charge in [0.2, 0.25) is 5.95 Å². The molecule has 2 heterocycles. The lowest BCUT2D eigenvalue weighted by atomic mass is 10.0. The molecule has 5 nitrogen and oxygen atoms in total. The van der Waals surface area contributed by atoms with Crippen LogP contribution in [0.4, 0.5) is 5.95 Å². The van der Waals surface area contributed by atoms with Gasteiger partial charge < -0.3 is 10.2 Å². The van der Waals surface area contributed by atoms with Crippen LogP contribution >= 0.6 is 0 Å². The Balaban J connectivity index is 1.93. The smallest absolute Gasteiger partial charge is 0.254 e. The van der Waals surface area contributed by atoms with E-state index >= 15 is 0 Å². The van der Waals surface area contributed by atoms with Crippen LogP contribution in [0.2, 0.25) is 0 Å². The van der Waals surface area contributed by atoms with Gasteiger partial charge in [-0.1, -0.05) is 26.7 Å². The highest BCUT2D eigenvalue weighted by atomic mass is 16.1. The highest BCUT2D eigenvalue weighted by Crippen LogP contribution is 2.23. The Morgan fingerprint density at radius 1 is 1.27 bits per heavy atom. The van der Waals surface area contributed by atoms with Crippen molar-refractivity contribution < 1.29 is 4.79 Å². The fourth-order valence-corrected chi connectivity index (χ4v) is 2.95. The molecule has 0 aromatic carbocycles. The lowest BCUT2D eigenvalue weighted by Crippen LogP contribution is -2.40. The van der Waals surface area contributed by atoms with Crippen LogP contribution in [0.15, 0.2) is 12.4 Å². The van der Waals surface area contributed by atoms with Gasteiger partial charge in [-0.15, -0.1) is 0 Å². The minimum Gasteiger partial charge on any atom is -0.352 e. The number of nitrogens with one attached hydrogen (secondary N) is 1. The molecule has 122 valence electrons. The summed E-state index contributed by atoms with van der Waals surface area (Å²) in [5.74, 6) is 0.683. The Labute approximate surface area is 133 Å². The third-order valence-corrected chi connectivity index (χ3v) is 4.32. The van der Waals surface area contributed by atoms with Gasteiger partial charge in [-0.25, -0.2) is 9.97 Å². The van der Waals surface area contributed by atoms with E-state index in [1.165, 1.54) is 19.3 Å². The zero-order valence-electron chi connectivity index (χ0n) is 13.8. The van der Waals surface area contributed by atoms with Gasteiger partial charge in [0.1, 0.15) is 0 Å². The monoisotopic (exact) mass is 304 g/mol. The van der Waals surface area contributed by atoms with Crippen molar-refractivity contribution in [3.05, 3.63) is 18.0 Å². The van der Waals surface area contributed by atoms with Crippen molar-refractivity contribution in [2.75, 3.05) is 18.0 Å². The number of unbranched alkanes of at least 4 members (excludes halogenated alkanes) is 2. The number of anilines is 1. The number of hydrogen-bond acceptors (Lipinski definition) is 4. The topological polar surface area (TPSA) is 58.1 Å². The number of aromatic nitrogens is 2. The van der Waals surface area contributed by atoms with E-state index < -0.39 is 0 Å². The fraction of sp³-hybridized carbons (Fsp3) is 0.706. The van der Waals surface area contributed by atoms with Gasteiger partial charge in [-0.05, 0) is 32.1 Å². The highest BCUT2D eigenvalue weighted by Gasteiger charge is 2.23. The Bertz CT molecular complexity index is 460. The van der Waals surface area contributed by atoms with E-state index in [-0.39, 0.29) is 5.91 Å². The van der Waals surface area contributed by atoms with Crippen molar-refractivity contribution in [1.29, 1.82) is 0 Å². The number of carbonyl (C=O) groups is 1. The molecular weight excluding hydrogens is 276 g/mol. The minimum atomic E-state index is -0.0756. The predicted molar refractivity (Wildman–Crippen MR) is 89.2 cm³/mol. The SMILES string of the molecule is CCCCCNC(=O)c1cnc(N2CCCCC2CC)nc1. The number of nitrogens with zero attached hydrogens (tertiary/aromatic N) is 3. The van der Waals surface area contributed by atoms with Gasteiger partial charge in [-0.2, -0.15) is 0 Å². The van der Waals surface area contributed by atoms with Crippen molar-refractivity contribution >= 4 is 11.9 Å². The summed E-state index contributed by atoms with van der Waals surface area (Å²) in [5, 5.41) is 2.92. The summed E-state index contributed by atoms with van der Waals surface area (Å²) in [6, 6.07) is 0.530. The minimum absolute atomic E-state index is 0.0756. The molecule has 0 saturated carbocycles. The van der Waals surface area contributed by atoms with Crippen molar-refractivity contribution in [3.63, 3.8) is 0 Å². The van der Waals surface area contributed by atoms with Crippen LogP contribution in [0.25, 0.3) is 0 Å². The van der Waals surface area contributed by atoms with E-state index in [1.807, 2.05) is 0 Å². The quantitative estimate of drug-likeness (QED) is 0.786. The molecule has 0 spiro atoms. The van der Waals surface area contributed by atoms with Crippen LogP contribution in [-0.4, -0.2) is 35.0 Å². The van der Waals surface area contributed by atoms with Gasteiger partial charge in [0.15, 0.2) is 0 Å². The summed E-state index contributed by atoms with van der Waals surface area (Å²) >= 11 is 0. The first-order chi connectivity index (χ1) is 10.8. The van der Waals surface area contributed by atoms with Crippen molar-refractivity contribution in [1.82, 2.24) is 15.3 Å². The second-order valence-electron chi connectivity index (χ2n) is 5.99. The zero-order valence-corrected chi connectivity index (χ0v) is 13.8. The van der Waals surface area contributed by atoms with Crippen LogP contribution in [0.5, 0.6) is 0 Å². The van der Waals surface area contributed by atoms with Crippen LogP contribution in [0, 0.1) is 0 Å². The second kappa shape index (κ2) is 8.71. The number of carbonyl (C=O) groups excluding carboxylic acids is 1. The Hall–Kier alpha value is -1.65. The first-order valence-electron chi connectivity index (χ1n) is 8.63. The first-order valence-corrected chi connectivity index (χ1v) is 8.63. The maximum absolute atomic E-state index is 12.0. The fourth-order valence-electron chi connectivity index (χ4n) is 2.95. The van der Waals surface area contributed by atoms with Gasteiger partial charge in [0, 0.05) is 31.5 Å². The molecule has 0 aliphatic carbocycles. The Morgan fingerprint density at radius 2 is 2.05 bits per heavy atom. The summed E-state index contributed by atoms with van der Waals surface area (Å²) in [4.78, 5) is 23.1. The van der Waals surface area contributed by atoms with E-state index in [4.69, 9.17) is 0 Å². The molecule has 1 fully saturated rings.